The number of carbonyl (C=O) groups excluding carboxylic acids is 2. The molecule has 1 unspecified atom stereocenters. The van der Waals surface area contributed by atoms with E-state index in [1.165, 1.54) is 17.0 Å². The van der Waals surface area contributed by atoms with Crippen molar-refractivity contribution in [2.75, 3.05) is 18.1 Å². The highest BCUT2D eigenvalue weighted by molar-refractivity contribution is 6.74. The van der Waals surface area contributed by atoms with Gasteiger partial charge in [0.2, 0.25) is 0 Å². The molecule has 8 nitrogen and oxygen atoms in total. The topological polar surface area (TPSA) is 88.5 Å². The van der Waals surface area contributed by atoms with Crippen LogP contribution in [0.15, 0.2) is 24.8 Å². The number of aromatic hydroxyl groups is 1. The Hall–Kier alpha value is -2.52. The molecule has 1 aromatic carbocycles. The smallest absolute Gasteiger partial charge is 0.416 e. The van der Waals surface area contributed by atoms with Gasteiger partial charge in [-0.25, -0.2) is 9.69 Å². The maximum atomic E-state index is 14.0. The third-order valence-electron chi connectivity index (χ3n) is 8.48. The zero-order valence-electron chi connectivity index (χ0n) is 22.0. The molecule has 2 atom stereocenters. The van der Waals surface area contributed by atoms with Gasteiger partial charge in [-0.05, 0) is 61.7 Å². The van der Waals surface area contributed by atoms with Crippen LogP contribution in [0, 0.1) is 5.41 Å². The van der Waals surface area contributed by atoms with E-state index in [-0.39, 0.29) is 52.3 Å². The van der Waals surface area contributed by atoms with Crippen molar-refractivity contribution in [3.05, 3.63) is 30.4 Å². The fraction of sp³-hybridized carbons (Fsp3) is 0.630. The van der Waals surface area contributed by atoms with Gasteiger partial charge in [0.1, 0.15) is 6.61 Å². The van der Waals surface area contributed by atoms with Crippen LogP contribution in [-0.2, 0) is 9.16 Å². The Morgan fingerprint density at radius 3 is 2.56 bits per heavy atom. The van der Waals surface area contributed by atoms with E-state index in [0.717, 1.165) is 32.1 Å². The lowest BCUT2D eigenvalue weighted by atomic mass is 10.0. The number of benzene rings is 1. The highest BCUT2D eigenvalue weighted by Gasteiger charge is 2.59. The summed E-state index contributed by atoms with van der Waals surface area (Å²) in [5.41, 5.74) is 0.703. The molecule has 3 fully saturated rings. The monoisotopic (exact) mass is 514 g/mol. The van der Waals surface area contributed by atoms with E-state index in [9.17, 15) is 14.7 Å². The van der Waals surface area contributed by atoms with Gasteiger partial charge in [0, 0.05) is 12.6 Å². The molecule has 2 amide bonds. The van der Waals surface area contributed by atoms with Crippen LogP contribution in [0.4, 0.5) is 10.5 Å². The Labute approximate surface area is 214 Å². The Balaban J connectivity index is 1.66. The second-order valence-corrected chi connectivity index (χ2v) is 17.1. The molecule has 196 valence electrons. The molecule has 2 aliphatic carbocycles. The Morgan fingerprint density at radius 2 is 1.97 bits per heavy atom. The summed E-state index contributed by atoms with van der Waals surface area (Å²) in [6.45, 7) is 15.1. The number of rotatable bonds is 6. The molecule has 1 saturated heterocycles. The Bertz CT molecular complexity index is 1090. The molecular weight excluding hydrogens is 476 g/mol. The average molecular weight is 515 g/mol. The van der Waals surface area contributed by atoms with Crippen LogP contribution in [0.5, 0.6) is 11.5 Å². The summed E-state index contributed by atoms with van der Waals surface area (Å²) < 4.78 is 18.4. The highest BCUT2D eigenvalue weighted by Crippen LogP contribution is 2.57. The van der Waals surface area contributed by atoms with Gasteiger partial charge in [0.15, 0.2) is 26.0 Å². The van der Waals surface area contributed by atoms with Crippen molar-refractivity contribution in [1.82, 2.24) is 4.90 Å². The van der Waals surface area contributed by atoms with Crippen molar-refractivity contribution >= 4 is 26.0 Å². The van der Waals surface area contributed by atoms with E-state index in [4.69, 9.17) is 13.9 Å². The summed E-state index contributed by atoms with van der Waals surface area (Å²) in [5.74, 6) is -0.00583. The van der Waals surface area contributed by atoms with Gasteiger partial charge in [-0.1, -0.05) is 33.4 Å². The molecular formula is C27H38N2O6Si. The van der Waals surface area contributed by atoms with Crippen molar-refractivity contribution in [3.63, 3.8) is 0 Å². The summed E-state index contributed by atoms with van der Waals surface area (Å²) in [5, 5.41) is 10.7. The predicted molar refractivity (Wildman–Crippen MR) is 139 cm³/mol. The molecule has 4 aliphatic rings. The second-order valence-electron chi connectivity index (χ2n) is 12.4. The van der Waals surface area contributed by atoms with Gasteiger partial charge in [0.05, 0.1) is 23.4 Å². The van der Waals surface area contributed by atoms with Crippen molar-refractivity contribution in [2.45, 2.75) is 89.4 Å². The molecule has 0 radical (unpaired) electrons. The molecule has 1 N–H and O–H groups in total. The van der Waals surface area contributed by atoms with E-state index in [0.29, 0.717) is 12.1 Å². The van der Waals surface area contributed by atoms with Gasteiger partial charge in [0.25, 0.3) is 5.91 Å². The van der Waals surface area contributed by atoms with Gasteiger partial charge >= 0.3 is 6.09 Å². The molecule has 2 saturated carbocycles. The van der Waals surface area contributed by atoms with Crippen molar-refractivity contribution in [2.24, 2.45) is 5.41 Å². The molecule has 0 aromatic heterocycles. The first-order valence-electron chi connectivity index (χ1n) is 13.0. The largest absolute Gasteiger partial charge is 0.504 e. The van der Waals surface area contributed by atoms with Crippen LogP contribution in [0.1, 0.15) is 63.2 Å². The average Bonchev–Trinajstić information content (AvgIpc) is 3.71. The zero-order chi connectivity index (χ0) is 26.0. The first kappa shape index (κ1) is 25.1. The van der Waals surface area contributed by atoms with Crippen LogP contribution >= 0.6 is 0 Å². The fourth-order valence-electron chi connectivity index (χ4n) is 4.98. The van der Waals surface area contributed by atoms with Crippen molar-refractivity contribution in [3.8, 4) is 11.5 Å². The Kier molecular flexibility index (Phi) is 5.95. The van der Waals surface area contributed by atoms with Crippen molar-refractivity contribution in [1.29, 1.82) is 0 Å². The Morgan fingerprint density at radius 1 is 1.28 bits per heavy atom. The lowest BCUT2D eigenvalue weighted by Gasteiger charge is -2.44. The van der Waals surface area contributed by atoms with Crippen LogP contribution in [0.3, 0.4) is 0 Å². The second kappa shape index (κ2) is 8.51. The predicted octanol–water partition coefficient (Wildman–Crippen LogP) is 5.42. The number of ether oxygens (including phenoxy) is 2. The van der Waals surface area contributed by atoms with Gasteiger partial charge in [-0.3, -0.25) is 4.79 Å². The SMILES string of the molecule is C=CCOC(=O)N1c2cc(O)c(OC3CC3)cc2C(=O)N2CC3(CC3)C[C@H]2C1O[Si](C)(C)C(C)(C)C. The molecule has 9 heteroatoms. The molecule has 36 heavy (non-hydrogen) atoms. The number of anilines is 1. The third-order valence-corrected chi connectivity index (χ3v) is 12.9. The highest BCUT2D eigenvalue weighted by atomic mass is 28.4. The first-order chi connectivity index (χ1) is 16.9. The minimum Gasteiger partial charge on any atom is -0.504 e. The van der Waals surface area contributed by atoms with Crippen molar-refractivity contribution < 1.29 is 28.6 Å². The minimum absolute atomic E-state index is 0.0264. The first-order valence-corrected chi connectivity index (χ1v) is 15.9. The summed E-state index contributed by atoms with van der Waals surface area (Å²) in [6.07, 6.45) is 4.95. The number of phenols is 1. The maximum absolute atomic E-state index is 14.0. The number of carbonyl (C=O) groups is 2. The normalized spacial score (nSPS) is 24.8. The molecule has 1 spiro atoms. The summed E-state index contributed by atoms with van der Waals surface area (Å²) >= 11 is 0. The number of fused-ring (bicyclic) bond motifs is 2. The summed E-state index contributed by atoms with van der Waals surface area (Å²) in [7, 11) is -2.40. The number of hydrogen-bond acceptors (Lipinski definition) is 6. The molecule has 2 aliphatic heterocycles. The van der Waals surface area contributed by atoms with E-state index in [1.54, 1.807) is 6.07 Å². The van der Waals surface area contributed by atoms with Gasteiger partial charge in [-0.15, -0.1) is 0 Å². The number of amides is 2. The van der Waals surface area contributed by atoms with Crippen LogP contribution in [-0.4, -0.2) is 61.8 Å². The fourth-order valence-corrected chi connectivity index (χ4v) is 6.20. The molecule has 2 heterocycles. The lowest BCUT2D eigenvalue weighted by molar-refractivity contribution is 0.0528. The standard InChI is InChI=1S/C27H38N2O6Si/c1-7-12-33-25(32)29-19-14-21(30)22(34-17-8-9-17)13-18(19)23(31)28-16-27(10-11-27)15-20(28)24(29)35-36(5,6)26(2,3)4/h7,13-14,17,20,24,30H,1,8-12,15-16H2,2-6H3/t20-,24?/m0/s1. The third kappa shape index (κ3) is 4.40. The van der Waals surface area contributed by atoms with E-state index in [1.807, 2.05) is 4.90 Å². The van der Waals surface area contributed by atoms with E-state index < -0.39 is 20.6 Å². The van der Waals surface area contributed by atoms with E-state index >= 15 is 0 Å². The van der Waals surface area contributed by atoms with Crippen LogP contribution < -0.4 is 9.64 Å². The van der Waals surface area contributed by atoms with Crippen LogP contribution in [0.2, 0.25) is 18.1 Å². The summed E-state index contributed by atoms with van der Waals surface area (Å²) in [4.78, 5) is 31.0. The lowest BCUT2D eigenvalue weighted by Crippen LogP contribution is -2.58. The van der Waals surface area contributed by atoms with Crippen LogP contribution in [0.25, 0.3) is 0 Å². The van der Waals surface area contributed by atoms with Gasteiger partial charge in [-0.2, -0.15) is 0 Å². The number of hydrogen-bond donors (Lipinski definition) is 1. The van der Waals surface area contributed by atoms with E-state index in [2.05, 4.69) is 40.4 Å². The summed E-state index contributed by atoms with van der Waals surface area (Å²) in [6, 6.07) is 2.73. The quantitative estimate of drug-likeness (QED) is 0.403. The zero-order valence-corrected chi connectivity index (χ0v) is 23.0. The molecule has 5 rings (SSSR count). The van der Waals surface area contributed by atoms with Gasteiger partial charge < -0.3 is 23.9 Å². The molecule has 0 bridgehead atoms. The number of nitrogens with zero attached hydrogens (tertiary/aromatic N) is 2. The maximum Gasteiger partial charge on any atom is 0.416 e. The number of phenolic OH excluding ortho intramolecular Hbond substituents is 1. The minimum atomic E-state index is -2.40. The molecule has 1 aromatic rings.